The quantitative estimate of drug-likeness (QED) is 0.222. The number of nitrogens with zero attached hydrogens (tertiary/aromatic N) is 3. The van der Waals surface area contributed by atoms with E-state index >= 15 is 0 Å². The Balaban J connectivity index is 1.19. The molecular weight excluding hydrogens is 548 g/mol. The van der Waals surface area contributed by atoms with Gasteiger partial charge in [-0.2, -0.15) is 0 Å². The highest BCUT2D eigenvalue weighted by Gasteiger charge is 2.29. The SMILES string of the molecule is COc1ccc(-c2csc(NC(=O)C(C)OC(=O)c3c4c(nc5ccccc35)CCN(Cc3ccccc3)C4)n2)cc1. The fraction of sp³-hybridized carbons (Fsp3) is 0.212. The van der Waals surface area contributed by atoms with Gasteiger partial charge in [0.2, 0.25) is 0 Å². The van der Waals surface area contributed by atoms with Crippen molar-refractivity contribution in [3.63, 3.8) is 0 Å². The van der Waals surface area contributed by atoms with Crippen molar-refractivity contribution in [2.75, 3.05) is 19.0 Å². The van der Waals surface area contributed by atoms with Crippen molar-refractivity contribution in [3.05, 3.63) is 107 Å². The summed E-state index contributed by atoms with van der Waals surface area (Å²) in [5, 5.41) is 5.81. The Labute approximate surface area is 248 Å². The minimum absolute atomic E-state index is 0.428. The molecule has 3 heterocycles. The molecule has 0 saturated heterocycles. The van der Waals surface area contributed by atoms with Gasteiger partial charge in [-0.05, 0) is 42.8 Å². The van der Waals surface area contributed by atoms with Crippen molar-refractivity contribution in [3.8, 4) is 17.0 Å². The second kappa shape index (κ2) is 12.1. The Kier molecular flexibility index (Phi) is 7.94. The van der Waals surface area contributed by atoms with Crippen molar-refractivity contribution in [2.45, 2.75) is 32.5 Å². The molecule has 1 aliphatic rings. The van der Waals surface area contributed by atoms with Gasteiger partial charge in [0.15, 0.2) is 11.2 Å². The van der Waals surface area contributed by atoms with Crippen LogP contribution in [0.4, 0.5) is 5.13 Å². The van der Waals surface area contributed by atoms with Gasteiger partial charge in [0.05, 0.1) is 23.9 Å². The smallest absolute Gasteiger partial charge is 0.339 e. The Morgan fingerprint density at radius 2 is 1.76 bits per heavy atom. The highest BCUT2D eigenvalue weighted by atomic mass is 32.1. The Bertz CT molecular complexity index is 1740. The Hall–Kier alpha value is -4.60. The molecule has 0 fully saturated rings. The second-order valence-corrected chi connectivity index (χ2v) is 11.0. The van der Waals surface area contributed by atoms with E-state index in [0.29, 0.717) is 17.2 Å². The van der Waals surface area contributed by atoms with Gasteiger partial charge >= 0.3 is 5.97 Å². The first kappa shape index (κ1) is 27.6. The molecule has 212 valence electrons. The maximum absolute atomic E-state index is 13.7. The standard InChI is InChI=1S/C33H30N4O4S/c1-21(31(38)36-33-35-29(20-42-33)23-12-14-24(40-2)15-13-23)41-32(39)30-25-10-6-7-11-27(25)34-28-16-17-37(19-26(28)30)18-22-8-4-3-5-9-22/h3-15,20-21H,16-19H2,1-2H3,(H,35,36,38). The van der Waals surface area contributed by atoms with Crippen molar-refractivity contribution in [1.82, 2.24) is 14.9 Å². The average molecular weight is 579 g/mol. The molecule has 2 aromatic heterocycles. The van der Waals surface area contributed by atoms with E-state index in [1.165, 1.54) is 16.9 Å². The zero-order valence-corrected chi connectivity index (χ0v) is 24.2. The zero-order chi connectivity index (χ0) is 29.1. The largest absolute Gasteiger partial charge is 0.497 e. The van der Waals surface area contributed by atoms with Crippen LogP contribution in [0.15, 0.2) is 84.2 Å². The summed E-state index contributed by atoms with van der Waals surface area (Å²) < 4.78 is 11.0. The third-order valence-electron chi connectivity index (χ3n) is 7.35. The maximum Gasteiger partial charge on any atom is 0.339 e. The number of anilines is 1. The number of carbonyl (C=O) groups excluding carboxylic acids is 2. The fourth-order valence-corrected chi connectivity index (χ4v) is 5.88. The number of methoxy groups -OCH3 is 1. The lowest BCUT2D eigenvalue weighted by Crippen LogP contribution is -2.34. The van der Waals surface area contributed by atoms with Gasteiger partial charge in [-0.1, -0.05) is 48.5 Å². The molecule has 42 heavy (non-hydrogen) atoms. The number of hydrogen-bond acceptors (Lipinski definition) is 8. The Morgan fingerprint density at radius 3 is 2.55 bits per heavy atom. The summed E-state index contributed by atoms with van der Waals surface area (Å²) in [7, 11) is 1.62. The molecular formula is C33H30N4O4S. The summed E-state index contributed by atoms with van der Waals surface area (Å²) in [6, 6.07) is 25.4. The van der Waals surface area contributed by atoms with E-state index < -0.39 is 18.0 Å². The summed E-state index contributed by atoms with van der Waals surface area (Å²) in [5.41, 5.74) is 5.82. The summed E-state index contributed by atoms with van der Waals surface area (Å²) in [4.78, 5) is 38.5. The van der Waals surface area contributed by atoms with Gasteiger partial charge in [-0.25, -0.2) is 9.78 Å². The minimum atomic E-state index is -1.03. The molecule has 6 rings (SSSR count). The van der Waals surface area contributed by atoms with Crippen LogP contribution in [0.3, 0.4) is 0 Å². The molecule has 1 N–H and O–H groups in total. The normalized spacial score (nSPS) is 13.8. The zero-order valence-electron chi connectivity index (χ0n) is 23.4. The van der Waals surface area contributed by atoms with Crippen molar-refractivity contribution in [2.24, 2.45) is 0 Å². The number of benzene rings is 3. The lowest BCUT2D eigenvalue weighted by Gasteiger charge is -2.30. The van der Waals surface area contributed by atoms with Gasteiger partial charge in [0.1, 0.15) is 5.75 Å². The van der Waals surface area contributed by atoms with Gasteiger partial charge in [-0.15, -0.1) is 11.3 Å². The van der Waals surface area contributed by atoms with E-state index in [4.69, 9.17) is 14.5 Å². The van der Waals surface area contributed by atoms with Crippen LogP contribution in [0.2, 0.25) is 0 Å². The van der Waals surface area contributed by atoms with Crippen molar-refractivity contribution in [1.29, 1.82) is 0 Å². The second-order valence-electron chi connectivity index (χ2n) is 10.2. The molecule has 0 bridgehead atoms. The van der Waals surface area contributed by atoms with E-state index in [9.17, 15) is 9.59 Å². The molecule has 1 amide bonds. The molecule has 0 radical (unpaired) electrons. The van der Waals surface area contributed by atoms with Crippen LogP contribution in [0.1, 0.15) is 34.1 Å². The van der Waals surface area contributed by atoms with E-state index in [2.05, 4.69) is 27.3 Å². The number of para-hydroxylation sites is 1. The van der Waals surface area contributed by atoms with Crippen LogP contribution >= 0.6 is 11.3 Å². The number of fused-ring (bicyclic) bond motifs is 2. The van der Waals surface area contributed by atoms with Crippen LogP contribution in [0, 0.1) is 0 Å². The van der Waals surface area contributed by atoms with E-state index in [1.807, 2.05) is 72.1 Å². The average Bonchev–Trinajstić information content (AvgIpc) is 3.48. The number of nitrogens with one attached hydrogen (secondary N) is 1. The van der Waals surface area contributed by atoms with Crippen LogP contribution in [-0.2, 0) is 29.0 Å². The van der Waals surface area contributed by atoms with E-state index in [1.54, 1.807) is 14.0 Å². The summed E-state index contributed by atoms with van der Waals surface area (Å²) in [6.45, 7) is 3.75. The summed E-state index contributed by atoms with van der Waals surface area (Å²) in [6.07, 6.45) is -0.304. The van der Waals surface area contributed by atoms with Crippen molar-refractivity contribution < 1.29 is 19.1 Å². The van der Waals surface area contributed by atoms with Crippen molar-refractivity contribution >= 4 is 39.2 Å². The van der Waals surface area contributed by atoms with Gasteiger partial charge in [0, 0.05) is 53.6 Å². The monoisotopic (exact) mass is 578 g/mol. The number of aromatic nitrogens is 2. The summed E-state index contributed by atoms with van der Waals surface area (Å²) >= 11 is 1.31. The first-order valence-electron chi connectivity index (χ1n) is 13.8. The lowest BCUT2D eigenvalue weighted by atomic mass is 9.95. The predicted molar refractivity (Wildman–Crippen MR) is 164 cm³/mol. The first-order valence-corrected chi connectivity index (χ1v) is 14.6. The van der Waals surface area contributed by atoms with Crippen LogP contribution in [0.5, 0.6) is 5.75 Å². The number of amides is 1. The fourth-order valence-electron chi connectivity index (χ4n) is 5.16. The van der Waals surface area contributed by atoms with E-state index in [0.717, 1.165) is 58.7 Å². The van der Waals surface area contributed by atoms with E-state index in [-0.39, 0.29) is 0 Å². The van der Waals surface area contributed by atoms with Gasteiger partial charge in [-0.3, -0.25) is 20.0 Å². The molecule has 8 nitrogen and oxygen atoms in total. The van der Waals surface area contributed by atoms with Gasteiger partial charge in [0.25, 0.3) is 5.91 Å². The third-order valence-corrected chi connectivity index (χ3v) is 8.11. The van der Waals surface area contributed by atoms with Crippen LogP contribution in [0.25, 0.3) is 22.2 Å². The molecule has 1 atom stereocenters. The number of rotatable bonds is 8. The topological polar surface area (TPSA) is 93.6 Å². The number of hydrogen-bond donors (Lipinski definition) is 1. The molecule has 3 aromatic carbocycles. The number of carbonyl (C=O) groups is 2. The number of esters is 1. The molecule has 9 heteroatoms. The maximum atomic E-state index is 13.7. The highest BCUT2D eigenvalue weighted by Crippen LogP contribution is 2.30. The number of pyridine rings is 1. The molecule has 1 aliphatic heterocycles. The van der Waals surface area contributed by atoms with Crippen LogP contribution < -0.4 is 10.1 Å². The number of ether oxygens (including phenoxy) is 2. The third kappa shape index (κ3) is 5.88. The number of thiazole rings is 1. The summed E-state index contributed by atoms with van der Waals surface area (Å²) in [5.74, 6) is -0.227. The lowest BCUT2D eigenvalue weighted by molar-refractivity contribution is -0.123. The van der Waals surface area contributed by atoms with Gasteiger partial charge < -0.3 is 9.47 Å². The first-order chi connectivity index (χ1) is 20.5. The molecule has 1 unspecified atom stereocenters. The molecule has 0 saturated carbocycles. The van der Waals surface area contributed by atoms with Crippen LogP contribution in [-0.4, -0.2) is 46.5 Å². The predicted octanol–water partition coefficient (Wildman–Crippen LogP) is 6.11. The Morgan fingerprint density at radius 1 is 1.00 bits per heavy atom. The molecule has 5 aromatic rings. The molecule has 0 aliphatic carbocycles. The minimum Gasteiger partial charge on any atom is -0.497 e. The highest BCUT2D eigenvalue weighted by molar-refractivity contribution is 7.14. The molecule has 0 spiro atoms.